The summed E-state index contributed by atoms with van der Waals surface area (Å²) < 4.78 is 26.8. The second kappa shape index (κ2) is 7.09. The molecule has 0 aliphatic carbocycles. The summed E-state index contributed by atoms with van der Waals surface area (Å²) in [6.45, 7) is 6.88. The van der Waals surface area contributed by atoms with Crippen LogP contribution in [0, 0.1) is 5.92 Å². The van der Waals surface area contributed by atoms with E-state index in [1.54, 1.807) is 22.5 Å². The second-order valence-corrected chi connectivity index (χ2v) is 7.97. The van der Waals surface area contributed by atoms with Crippen molar-refractivity contribution in [2.75, 3.05) is 19.6 Å². The normalized spacial score (nSPS) is 18.0. The monoisotopic (exact) mass is 330 g/mol. The molecular formula is C15H23ClN2O2S. The van der Waals surface area contributed by atoms with Gasteiger partial charge in [-0.05, 0) is 43.0 Å². The lowest BCUT2D eigenvalue weighted by Crippen LogP contribution is -2.37. The van der Waals surface area contributed by atoms with Gasteiger partial charge in [-0.2, -0.15) is 4.31 Å². The van der Waals surface area contributed by atoms with E-state index in [4.69, 9.17) is 11.6 Å². The summed E-state index contributed by atoms with van der Waals surface area (Å²) in [6.07, 6.45) is 1.84. The number of nitrogens with one attached hydrogen (secondary N) is 1. The third kappa shape index (κ3) is 3.97. The number of hydrogen-bond donors (Lipinski definition) is 1. The lowest BCUT2D eigenvalue weighted by atomic mass is 10.0. The van der Waals surface area contributed by atoms with Crippen LogP contribution < -0.4 is 5.32 Å². The molecule has 0 saturated carbocycles. The molecule has 0 unspecified atom stereocenters. The average molecular weight is 331 g/mol. The lowest BCUT2D eigenvalue weighted by Gasteiger charge is -2.29. The van der Waals surface area contributed by atoms with Gasteiger partial charge in [0.05, 0.1) is 4.90 Å². The lowest BCUT2D eigenvalue weighted by molar-refractivity contribution is 0.288. The zero-order valence-electron chi connectivity index (χ0n) is 12.6. The van der Waals surface area contributed by atoms with E-state index < -0.39 is 10.0 Å². The Hall–Kier alpha value is -0.620. The maximum absolute atomic E-state index is 12.6. The van der Waals surface area contributed by atoms with Crippen molar-refractivity contribution in [3.05, 3.63) is 28.8 Å². The van der Waals surface area contributed by atoms with Crippen LogP contribution in [0.3, 0.4) is 0 Å². The van der Waals surface area contributed by atoms with Crippen molar-refractivity contribution in [2.24, 2.45) is 5.92 Å². The Morgan fingerprint density at radius 3 is 2.57 bits per heavy atom. The predicted molar refractivity (Wildman–Crippen MR) is 86.0 cm³/mol. The molecule has 1 N–H and O–H groups in total. The van der Waals surface area contributed by atoms with Crippen LogP contribution in [0.5, 0.6) is 0 Å². The summed E-state index contributed by atoms with van der Waals surface area (Å²) in [5.41, 5.74) is 0.921. The maximum Gasteiger partial charge on any atom is 0.243 e. The van der Waals surface area contributed by atoms with Crippen LogP contribution in [-0.2, 0) is 16.6 Å². The summed E-state index contributed by atoms with van der Waals surface area (Å²) in [5, 5.41) is 3.69. The molecule has 6 heteroatoms. The standard InChI is InChI=1S/C15H23ClN2O2S/c1-3-17-11-13-4-5-14(10-15(13)16)21(19,20)18-8-6-12(2)7-9-18/h4-5,10,12,17H,3,6-9,11H2,1-2H3. The Kier molecular flexibility index (Phi) is 5.66. The zero-order chi connectivity index (χ0) is 15.5. The van der Waals surface area contributed by atoms with Gasteiger partial charge in [0.1, 0.15) is 0 Å². The molecular weight excluding hydrogens is 308 g/mol. The highest BCUT2D eigenvalue weighted by molar-refractivity contribution is 7.89. The second-order valence-electron chi connectivity index (χ2n) is 5.62. The topological polar surface area (TPSA) is 49.4 Å². The van der Waals surface area contributed by atoms with Crippen LogP contribution in [0.2, 0.25) is 5.02 Å². The number of hydrogen-bond acceptors (Lipinski definition) is 3. The molecule has 4 nitrogen and oxygen atoms in total. The van der Waals surface area contributed by atoms with Gasteiger partial charge in [0.2, 0.25) is 10.0 Å². The van der Waals surface area contributed by atoms with Gasteiger partial charge in [-0.15, -0.1) is 0 Å². The van der Waals surface area contributed by atoms with Gasteiger partial charge in [-0.3, -0.25) is 0 Å². The van der Waals surface area contributed by atoms with Gasteiger partial charge >= 0.3 is 0 Å². The van der Waals surface area contributed by atoms with Gasteiger partial charge in [0.15, 0.2) is 0 Å². The van der Waals surface area contributed by atoms with E-state index in [9.17, 15) is 8.42 Å². The minimum absolute atomic E-state index is 0.294. The molecule has 1 saturated heterocycles. The van der Waals surface area contributed by atoms with Crippen molar-refractivity contribution < 1.29 is 8.42 Å². The maximum atomic E-state index is 12.6. The Bertz CT molecular complexity index is 581. The van der Waals surface area contributed by atoms with E-state index in [2.05, 4.69) is 12.2 Å². The van der Waals surface area contributed by atoms with Crippen molar-refractivity contribution in [2.45, 2.75) is 38.1 Å². The molecule has 1 aromatic rings. The molecule has 0 radical (unpaired) electrons. The van der Waals surface area contributed by atoms with Crippen molar-refractivity contribution in [3.8, 4) is 0 Å². The fourth-order valence-electron chi connectivity index (χ4n) is 2.47. The fourth-order valence-corrected chi connectivity index (χ4v) is 4.27. The third-order valence-electron chi connectivity index (χ3n) is 3.97. The van der Waals surface area contributed by atoms with E-state index in [0.29, 0.717) is 35.5 Å². The number of benzene rings is 1. The van der Waals surface area contributed by atoms with E-state index >= 15 is 0 Å². The molecule has 0 amide bonds. The SMILES string of the molecule is CCNCc1ccc(S(=O)(=O)N2CCC(C)CC2)cc1Cl. The first-order chi connectivity index (χ1) is 9.95. The molecule has 1 aromatic carbocycles. The quantitative estimate of drug-likeness (QED) is 0.903. The average Bonchev–Trinajstić information content (AvgIpc) is 2.46. The smallest absolute Gasteiger partial charge is 0.243 e. The molecule has 0 bridgehead atoms. The molecule has 1 aliphatic heterocycles. The molecule has 0 aromatic heterocycles. The van der Waals surface area contributed by atoms with Crippen molar-refractivity contribution in [1.82, 2.24) is 9.62 Å². The highest BCUT2D eigenvalue weighted by atomic mass is 35.5. The summed E-state index contributed by atoms with van der Waals surface area (Å²) in [4.78, 5) is 0.294. The number of nitrogens with zero attached hydrogens (tertiary/aromatic N) is 1. The van der Waals surface area contributed by atoms with Gasteiger partial charge in [0.25, 0.3) is 0 Å². The number of sulfonamides is 1. The minimum atomic E-state index is -3.42. The third-order valence-corrected chi connectivity index (χ3v) is 6.22. The molecule has 0 spiro atoms. The van der Waals surface area contributed by atoms with Gasteiger partial charge in [-0.25, -0.2) is 8.42 Å². The zero-order valence-corrected chi connectivity index (χ0v) is 14.2. The molecule has 1 aliphatic rings. The molecule has 118 valence electrons. The Morgan fingerprint density at radius 1 is 1.33 bits per heavy atom. The summed E-state index contributed by atoms with van der Waals surface area (Å²) in [6, 6.07) is 5.03. The van der Waals surface area contributed by atoms with E-state index in [1.807, 2.05) is 6.92 Å². The van der Waals surface area contributed by atoms with E-state index in [0.717, 1.165) is 24.9 Å². The largest absolute Gasteiger partial charge is 0.313 e. The Labute approximate surface area is 132 Å². The van der Waals surface area contributed by atoms with Crippen LogP contribution in [0.1, 0.15) is 32.3 Å². The molecule has 1 heterocycles. The van der Waals surface area contributed by atoms with E-state index in [-0.39, 0.29) is 0 Å². The predicted octanol–water partition coefficient (Wildman–Crippen LogP) is 2.87. The molecule has 2 rings (SSSR count). The van der Waals surface area contributed by atoms with Crippen LogP contribution in [0.15, 0.2) is 23.1 Å². The van der Waals surface area contributed by atoms with E-state index in [1.165, 1.54) is 0 Å². The summed E-state index contributed by atoms with van der Waals surface area (Å²) >= 11 is 6.21. The number of halogens is 1. The van der Waals surface area contributed by atoms with Crippen LogP contribution in [-0.4, -0.2) is 32.4 Å². The Balaban J connectivity index is 2.18. The van der Waals surface area contributed by atoms with Crippen LogP contribution in [0.25, 0.3) is 0 Å². The highest BCUT2D eigenvalue weighted by Crippen LogP contribution is 2.26. The number of piperidine rings is 1. The molecule has 1 fully saturated rings. The van der Waals surface area contributed by atoms with Crippen molar-refractivity contribution in [3.63, 3.8) is 0 Å². The van der Waals surface area contributed by atoms with Gasteiger partial charge in [0, 0.05) is 24.7 Å². The summed E-state index contributed by atoms with van der Waals surface area (Å²) in [7, 11) is -3.42. The van der Waals surface area contributed by atoms with Crippen LogP contribution >= 0.6 is 11.6 Å². The van der Waals surface area contributed by atoms with Crippen molar-refractivity contribution in [1.29, 1.82) is 0 Å². The molecule has 0 atom stereocenters. The number of rotatable bonds is 5. The fraction of sp³-hybridized carbons (Fsp3) is 0.600. The summed E-state index contributed by atoms with van der Waals surface area (Å²) in [5.74, 6) is 0.600. The molecule has 21 heavy (non-hydrogen) atoms. The highest BCUT2D eigenvalue weighted by Gasteiger charge is 2.28. The van der Waals surface area contributed by atoms with Gasteiger partial charge in [-0.1, -0.05) is 31.5 Å². The first kappa shape index (κ1) is 16.7. The minimum Gasteiger partial charge on any atom is -0.313 e. The van der Waals surface area contributed by atoms with Crippen molar-refractivity contribution >= 4 is 21.6 Å². The van der Waals surface area contributed by atoms with Crippen LogP contribution in [0.4, 0.5) is 0 Å². The first-order valence-corrected chi connectivity index (χ1v) is 9.26. The Morgan fingerprint density at radius 2 is 2.00 bits per heavy atom. The van der Waals surface area contributed by atoms with Gasteiger partial charge < -0.3 is 5.32 Å². The first-order valence-electron chi connectivity index (χ1n) is 7.44.